The van der Waals surface area contributed by atoms with Gasteiger partial charge in [0.25, 0.3) is 0 Å². The standard InChI is InChI=1S/C13H24O4/c1-4-6-7-9-17-13(16)11(12(14)15)10(3)8-5-2/h10-11H,4-9H2,1-3H3,(H,14,15). The molecule has 0 rings (SSSR count). The van der Waals surface area contributed by atoms with E-state index in [0.29, 0.717) is 6.61 Å². The van der Waals surface area contributed by atoms with Crippen LogP contribution in [0, 0.1) is 11.8 Å². The lowest BCUT2D eigenvalue weighted by Crippen LogP contribution is -2.31. The number of carbonyl (C=O) groups excluding carboxylic acids is 1. The van der Waals surface area contributed by atoms with E-state index in [1.165, 1.54) is 0 Å². The first-order chi connectivity index (χ1) is 8.04. The first-order valence-corrected chi connectivity index (χ1v) is 6.44. The molecule has 0 fully saturated rings. The molecule has 4 nitrogen and oxygen atoms in total. The Morgan fingerprint density at radius 3 is 2.29 bits per heavy atom. The number of aliphatic carboxylic acids is 1. The van der Waals surface area contributed by atoms with E-state index in [4.69, 9.17) is 9.84 Å². The second-order valence-electron chi connectivity index (χ2n) is 4.46. The van der Waals surface area contributed by atoms with Gasteiger partial charge in [0, 0.05) is 0 Å². The Morgan fingerprint density at radius 2 is 1.82 bits per heavy atom. The van der Waals surface area contributed by atoms with Gasteiger partial charge in [0.15, 0.2) is 5.92 Å². The molecule has 0 spiro atoms. The molecule has 0 aliphatic carbocycles. The first-order valence-electron chi connectivity index (χ1n) is 6.44. The minimum atomic E-state index is -1.08. The quantitative estimate of drug-likeness (QED) is 0.385. The van der Waals surface area contributed by atoms with Crippen LogP contribution in [-0.2, 0) is 14.3 Å². The highest BCUT2D eigenvalue weighted by atomic mass is 16.5. The molecule has 0 saturated heterocycles. The molecular weight excluding hydrogens is 220 g/mol. The minimum Gasteiger partial charge on any atom is -0.481 e. The van der Waals surface area contributed by atoms with Gasteiger partial charge in [-0.3, -0.25) is 9.59 Å². The van der Waals surface area contributed by atoms with Crippen molar-refractivity contribution < 1.29 is 19.4 Å². The van der Waals surface area contributed by atoms with E-state index in [2.05, 4.69) is 6.92 Å². The largest absolute Gasteiger partial charge is 0.481 e. The summed E-state index contributed by atoms with van der Waals surface area (Å²) in [6.07, 6.45) is 4.44. The molecular formula is C13H24O4. The predicted molar refractivity (Wildman–Crippen MR) is 65.7 cm³/mol. The van der Waals surface area contributed by atoms with E-state index in [1.54, 1.807) is 6.92 Å². The normalized spacial score (nSPS) is 14.1. The van der Waals surface area contributed by atoms with Crippen LogP contribution in [0.1, 0.15) is 52.9 Å². The Balaban J connectivity index is 4.20. The first kappa shape index (κ1) is 15.9. The zero-order chi connectivity index (χ0) is 13.3. The monoisotopic (exact) mass is 244 g/mol. The minimum absolute atomic E-state index is 0.170. The van der Waals surface area contributed by atoms with Gasteiger partial charge in [-0.05, 0) is 18.8 Å². The molecule has 0 aromatic carbocycles. The number of hydrogen-bond donors (Lipinski definition) is 1. The van der Waals surface area contributed by atoms with Gasteiger partial charge in [-0.15, -0.1) is 0 Å². The van der Waals surface area contributed by atoms with Crippen LogP contribution in [-0.4, -0.2) is 23.7 Å². The van der Waals surface area contributed by atoms with Gasteiger partial charge in [0.05, 0.1) is 6.61 Å². The molecule has 0 saturated carbocycles. The summed E-state index contributed by atoms with van der Waals surface area (Å²) in [5.74, 6) is -2.85. The molecule has 0 heterocycles. The van der Waals surface area contributed by atoms with Crippen LogP contribution in [0.2, 0.25) is 0 Å². The molecule has 0 bridgehead atoms. The van der Waals surface area contributed by atoms with Gasteiger partial charge >= 0.3 is 11.9 Å². The lowest BCUT2D eigenvalue weighted by atomic mass is 9.90. The third-order valence-corrected chi connectivity index (χ3v) is 2.83. The Kier molecular flexibility index (Phi) is 8.46. The molecule has 0 amide bonds. The summed E-state index contributed by atoms with van der Waals surface area (Å²) in [6.45, 7) is 6.15. The SMILES string of the molecule is CCCCCOC(=O)C(C(=O)O)C(C)CCC. The molecule has 0 radical (unpaired) electrons. The van der Waals surface area contributed by atoms with Crippen molar-refractivity contribution in [3.8, 4) is 0 Å². The van der Waals surface area contributed by atoms with Crippen LogP contribution in [0.15, 0.2) is 0 Å². The number of hydrogen-bond acceptors (Lipinski definition) is 3. The number of carboxylic acid groups (broad SMARTS) is 1. The van der Waals surface area contributed by atoms with Crippen molar-refractivity contribution in [1.29, 1.82) is 0 Å². The molecule has 0 aromatic heterocycles. The van der Waals surface area contributed by atoms with Crippen molar-refractivity contribution >= 4 is 11.9 Å². The molecule has 100 valence electrons. The fourth-order valence-corrected chi connectivity index (χ4v) is 1.81. The molecule has 2 atom stereocenters. The Labute approximate surface area is 103 Å². The van der Waals surface area contributed by atoms with Gasteiger partial charge in [0.1, 0.15) is 0 Å². The van der Waals surface area contributed by atoms with Gasteiger partial charge < -0.3 is 9.84 Å². The molecule has 1 N–H and O–H groups in total. The number of unbranched alkanes of at least 4 members (excludes halogenated alkanes) is 2. The van der Waals surface area contributed by atoms with Crippen LogP contribution >= 0.6 is 0 Å². The van der Waals surface area contributed by atoms with Crippen LogP contribution in [0.3, 0.4) is 0 Å². The summed E-state index contributed by atoms with van der Waals surface area (Å²) in [5.41, 5.74) is 0. The fraction of sp³-hybridized carbons (Fsp3) is 0.846. The van der Waals surface area contributed by atoms with Gasteiger partial charge in [-0.25, -0.2) is 0 Å². The van der Waals surface area contributed by atoms with E-state index in [9.17, 15) is 9.59 Å². The maximum atomic E-state index is 11.7. The van der Waals surface area contributed by atoms with E-state index in [1.807, 2.05) is 6.92 Å². The third kappa shape index (κ3) is 6.29. The van der Waals surface area contributed by atoms with Crippen molar-refractivity contribution in [2.75, 3.05) is 6.61 Å². The van der Waals surface area contributed by atoms with Crippen LogP contribution in [0.4, 0.5) is 0 Å². The summed E-state index contributed by atoms with van der Waals surface area (Å²) in [5, 5.41) is 9.04. The second-order valence-corrected chi connectivity index (χ2v) is 4.46. The van der Waals surface area contributed by atoms with Crippen LogP contribution in [0.5, 0.6) is 0 Å². The highest BCUT2D eigenvalue weighted by molar-refractivity contribution is 5.94. The third-order valence-electron chi connectivity index (χ3n) is 2.83. The fourth-order valence-electron chi connectivity index (χ4n) is 1.81. The van der Waals surface area contributed by atoms with Crippen LogP contribution < -0.4 is 0 Å². The zero-order valence-corrected chi connectivity index (χ0v) is 11.1. The van der Waals surface area contributed by atoms with Crippen molar-refractivity contribution in [3.05, 3.63) is 0 Å². The maximum Gasteiger partial charge on any atom is 0.320 e. The molecule has 4 heteroatoms. The highest BCUT2D eigenvalue weighted by Gasteiger charge is 2.32. The average molecular weight is 244 g/mol. The second kappa shape index (κ2) is 9.02. The Bertz CT molecular complexity index is 238. The topological polar surface area (TPSA) is 63.6 Å². The summed E-state index contributed by atoms with van der Waals surface area (Å²) in [6, 6.07) is 0. The summed E-state index contributed by atoms with van der Waals surface area (Å²) < 4.78 is 5.02. The zero-order valence-electron chi connectivity index (χ0n) is 11.1. The summed E-state index contributed by atoms with van der Waals surface area (Å²) in [4.78, 5) is 22.7. The molecule has 0 aromatic rings. The Morgan fingerprint density at radius 1 is 1.18 bits per heavy atom. The number of carboxylic acids is 1. The van der Waals surface area contributed by atoms with Crippen molar-refractivity contribution in [3.63, 3.8) is 0 Å². The number of carbonyl (C=O) groups is 2. The van der Waals surface area contributed by atoms with E-state index in [0.717, 1.165) is 32.1 Å². The average Bonchev–Trinajstić information content (AvgIpc) is 2.24. The molecule has 17 heavy (non-hydrogen) atoms. The van der Waals surface area contributed by atoms with Crippen molar-refractivity contribution in [1.82, 2.24) is 0 Å². The van der Waals surface area contributed by atoms with E-state index < -0.39 is 17.9 Å². The van der Waals surface area contributed by atoms with Gasteiger partial charge in [-0.1, -0.05) is 40.0 Å². The van der Waals surface area contributed by atoms with Crippen LogP contribution in [0.25, 0.3) is 0 Å². The van der Waals surface area contributed by atoms with Crippen molar-refractivity contribution in [2.24, 2.45) is 11.8 Å². The maximum absolute atomic E-state index is 11.7. The Hall–Kier alpha value is -1.06. The molecule has 2 unspecified atom stereocenters. The predicted octanol–water partition coefficient (Wildman–Crippen LogP) is 2.86. The molecule has 0 aliphatic rings. The van der Waals surface area contributed by atoms with Gasteiger partial charge in [-0.2, -0.15) is 0 Å². The lowest BCUT2D eigenvalue weighted by molar-refractivity contribution is -0.161. The molecule has 0 aliphatic heterocycles. The number of rotatable bonds is 9. The smallest absolute Gasteiger partial charge is 0.320 e. The van der Waals surface area contributed by atoms with E-state index in [-0.39, 0.29) is 5.92 Å². The van der Waals surface area contributed by atoms with Crippen molar-refractivity contribution in [2.45, 2.75) is 52.9 Å². The lowest BCUT2D eigenvalue weighted by Gasteiger charge is -2.18. The highest BCUT2D eigenvalue weighted by Crippen LogP contribution is 2.19. The van der Waals surface area contributed by atoms with Gasteiger partial charge in [0.2, 0.25) is 0 Å². The number of esters is 1. The summed E-state index contributed by atoms with van der Waals surface area (Å²) >= 11 is 0. The van der Waals surface area contributed by atoms with E-state index >= 15 is 0 Å². The number of ether oxygens (including phenoxy) is 1. The summed E-state index contributed by atoms with van der Waals surface area (Å²) in [7, 11) is 0.